The maximum atomic E-state index is 12.4. The zero-order valence-corrected chi connectivity index (χ0v) is 17.2. The Hall–Kier alpha value is -2.77. The van der Waals surface area contributed by atoms with Gasteiger partial charge in [-0.2, -0.15) is 5.10 Å². The van der Waals surface area contributed by atoms with Crippen LogP contribution < -0.4 is 5.32 Å². The fraction of sp³-hybridized carbons (Fsp3) is 0.550. The lowest BCUT2D eigenvalue weighted by atomic mass is 10.1. The Morgan fingerprint density at radius 1 is 1.21 bits per heavy atom. The predicted molar refractivity (Wildman–Crippen MR) is 108 cm³/mol. The topological polar surface area (TPSA) is 78.9 Å². The second-order valence-electron chi connectivity index (χ2n) is 6.86. The summed E-state index contributed by atoms with van der Waals surface area (Å²) in [6, 6.07) is 3.45. The Bertz CT molecular complexity index is 816. The van der Waals surface area contributed by atoms with E-state index in [1.54, 1.807) is 19.2 Å². The van der Waals surface area contributed by atoms with Crippen molar-refractivity contribution in [2.45, 2.75) is 33.2 Å². The largest absolute Gasteiger partial charge is 0.459 e. The highest BCUT2D eigenvalue weighted by molar-refractivity contribution is 5.91. The number of carbonyl (C=O) groups is 1. The van der Waals surface area contributed by atoms with Crippen molar-refractivity contribution in [3.05, 3.63) is 41.1 Å². The van der Waals surface area contributed by atoms with Gasteiger partial charge in [0, 0.05) is 58.1 Å². The number of amides is 1. The Morgan fingerprint density at radius 3 is 2.50 bits per heavy atom. The van der Waals surface area contributed by atoms with Gasteiger partial charge < -0.3 is 19.5 Å². The summed E-state index contributed by atoms with van der Waals surface area (Å²) in [5.74, 6) is 1.20. The molecule has 0 bridgehead atoms. The summed E-state index contributed by atoms with van der Waals surface area (Å²) >= 11 is 0. The van der Waals surface area contributed by atoms with Gasteiger partial charge >= 0.3 is 0 Å². The van der Waals surface area contributed by atoms with Crippen LogP contribution in [-0.2, 0) is 26.4 Å². The number of aryl methyl sites for hydroxylation is 2. The highest BCUT2D eigenvalue weighted by Gasteiger charge is 2.25. The van der Waals surface area contributed by atoms with Gasteiger partial charge in [-0.1, -0.05) is 13.8 Å². The molecule has 3 rings (SSSR count). The first kappa shape index (κ1) is 20.0. The zero-order chi connectivity index (χ0) is 20.1. The van der Waals surface area contributed by atoms with Crippen molar-refractivity contribution in [3.8, 4) is 0 Å². The molecule has 2 aromatic heterocycles. The number of nitrogens with zero attached hydrogens (tertiary/aromatic N) is 5. The molecule has 1 N–H and O–H groups in total. The summed E-state index contributed by atoms with van der Waals surface area (Å²) < 4.78 is 7.21. The highest BCUT2D eigenvalue weighted by atomic mass is 16.3. The first-order chi connectivity index (χ1) is 13.6. The quantitative estimate of drug-likeness (QED) is 0.625. The fourth-order valence-electron chi connectivity index (χ4n) is 3.77. The van der Waals surface area contributed by atoms with Crippen molar-refractivity contribution >= 4 is 11.9 Å². The van der Waals surface area contributed by atoms with E-state index in [1.807, 2.05) is 16.6 Å². The van der Waals surface area contributed by atoms with E-state index in [1.165, 1.54) is 17.5 Å². The third-order valence-electron chi connectivity index (χ3n) is 5.26. The van der Waals surface area contributed by atoms with Crippen molar-refractivity contribution in [3.63, 3.8) is 0 Å². The van der Waals surface area contributed by atoms with Crippen molar-refractivity contribution in [2.24, 2.45) is 12.0 Å². The molecule has 28 heavy (non-hydrogen) atoms. The van der Waals surface area contributed by atoms with Crippen LogP contribution in [0.5, 0.6) is 0 Å². The molecule has 0 unspecified atom stereocenters. The molecule has 1 fully saturated rings. The molecule has 8 heteroatoms. The minimum absolute atomic E-state index is 0.0527. The van der Waals surface area contributed by atoms with Crippen LogP contribution in [0.15, 0.2) is 27.8 Å². The summed E-state index contributed by atoms with van der Waals surface area (Å²) in [5, 5.41) is 8.13. The number of piperazine rings is 1. The van der Waals surface area contributed by atoms with E-state index < -0.39 is 0 Å². The Labute approximate surface area is 166 Å². The maximum Gasteiger partial charge on any atom is 0.289 e. The summed E-state index contributed by atoms with van der Waals surface area (Å²) in [6.45, 7) is 7.76. The van der Waals surface area contributed by atoms with Gasteiger partial charge in [0.25, 0.3) is 5.91 Å². The van der Waals surface area contributed by atoms with E-state index in [4.69, 9.17) is 4.42 Å². The van der Waals surface area contributed by atoms with Gasteiger partial charge in [-0.3, -0.25) is 14.5 Å². The van der Waals surface area contributed by atoms with Crippen LogP contribution in [0.25, 0.3) is 0 Å². The van der Waals surface area contributed by atoms with Crippen molar-refractivity contribution in [1.82, 2.24) is 24.9 Å². The molecule has 3 heterocycles. The number of carbonyl (C=O) groups excluding carboxylic acids is 1. The Balaban J connectivity index is 1.59. The van der Waals surface area contributed by atoms with Crippen LogP contribution in [0, 0.1) is 0 Å². The molecule has 0 aliphatic carbocycles. The van der Waals surface area contributed by atoms with Crippen molar-refractivity contribution < 1.29 is 9.21 Å². The molecular weight excluding hydrogens is 356 g/mol. The minimum atomic E-state index is -0.0527. The number of aliphatic imine (C=N–C) groups is 1. The second kappa shape index (κ2) is 8.95. The summed E-state index contributed by atoms with van der Waals surface area (Å²) in [6.07, 6.45) is 3.40. The predicted octanol–water partition coefficient (Wildman–Crippen LogP) is 1.67. The van der Waals surface area contributed by atoms with Gasteiger partial charge in [0.2, 0.25) is 0 Å². The molecule has 0 saturated carbocycles. The molecule has 0 spiro atoms. The van der Waals surface area contributed by atoms with Gasteiger partial charge in [-0.15, -0.1) is 0 Å². The number of rotatable bonds is 5. The van der Waals surface area contributed by atoms with E-state index in [0.717, 1.165) is 37.6 Å². The summed E-state index contributed by atoms with van der Waals surface area (Å²) in [4.78, 5) is 20.9. The van der Waals surface area contributed by atoms with Crippen molar-refractivity contribution in [2.75, 3.05) is 33.2 Å². The average molecular weight is 387 g/mol. The zero-order valence-electron chi connectivity index (χ0n) is 17.2. The van der Waals surface area contributed by atoms with Gasteiger partial charge in [0.1, 0.15) is 0 Å². The molecule has 0 atom stereocenters. The fourth-order valence-corrected chi connectivity index (χ4v) is 3.77. The van der Waals surface area contributed by atoms with Gasteiger partial charge in [0.05, 0.1) is 12.0 Å². The summed E-state index contributed by atoms with van der Waals surface area (Å²) in [5.41, 5.74) is 3.66. The highest BCUT2D eigenvalue weighted by Crippen LogP contribution is 2.16. The van der Waals surface area contributed by atoms with Crippen LogP contribution in [0.2, 0.25) is 0 Å². The molecule has 152 valence electrons. The molecule has 2 aromatic rings. The molecule has 1 saturated heterocycles. The number of nitrogens with one attached hydrogen (secondary N) is 1. The molecule has 1 amide bonds. The van der Waals surface area contributed by atoms with E-state index in [9.17, 15) is 4.79 Å². The molecule has 1 aliphatic rings. The third-order valence-corrected chi connectivity index (χ3v) is 5.26. The van der Waals surface area contributed by atoms with Crippen LogP contribution >= 0.6 is 0 Å². The van der Waals surface area contributed by atoms with Gasteiger partial charge in [-0.05, 0) is 25.0 Å². The molecule has 0 radical (unpaired) electrons. The van der Waals surface area contributed by atoms with Crippen LogP contribution in [0.1, 0.15) is 41.4 Å². The number of aromatic nitrogens is 2. The lowest BCUT2D eigenvalue weighted by Gasteiger charge is -2.36. The Kier molecular flexibility index (Phi) is 6.38. The average Bonchev–Trinajstić information content (AvgIpc) is 3.36. The first-order valence-corrected chi connectivity index (χ1v) is 9.91. The Morgan fingerprint density at radius 2 is 1.93 bits per heavy atom. The maximum absolute atomic E-state index is 12.4. The van der Waals surface area contributed by atoms with E-state index in [-0.39, 0.29) is 5.91 Å². The van der Waals surface area contributed by atoms with Gasteiger partial charge in [-0.25, -0.2) is 0 Å². The number of furan rings is 1. The van der Waals surface area contributed by atoms with Gasteiger partial charge in [0.15, 0.2) is 11.7 Å². The molecule has 1 aliphatic heterocycles. The second-order valence-corrected chi connectivity index (χ2v) is 6.86. The lowest BCUT2D eigenvalue weighted by Crippen LogP contribution is -2.53. The number of guanidine groups is 1. The van der Waals surface area contributed by atoms with Crippen LogP contribution in [0.3, 0.4) is 0 Å². The van der Waals surface area contributed by atoms with Crippen molar-refractivity contribution in [1.29, 1.82) is 0 Å². The minimum Gasteiger partial charge on any atom is -0.459 e. The van der Waals surface area contributed by atoms with E-state index in [2.05, 4.69) is 34.2 Å². The molecule has 8 nitrogen and oxygen atoms in total. The lowest BCUT2D eigenvalue weighted by molar-refractivity contribution is 0.0657. The molecule has 0 aromatic carbocycles. The van der Waals surface area contributed by atoms with E-state index in [0.29, 0.717) is 25.4 Å². The van der Waals surface area contributed by atoms with Crippen LogP contribution in [0.4, 0.5) is 0 Å². The van der Waals surface area contributed by atoms with Crippen LogP contribution in [-0.4, -0.2) is 64.7 Å². The first-order valence-electron chi connectivity index (χ1n) is 9.91. The number of hydrogen-bond donors (Lipinski definition) is 1. The third kappa shape index (κ3) is 4.05. The molecular formula is C20H30N6O2. The standard InChI is InChI=1S/C20H30N6O2/c1-5-16-15(17(6-2)24(4)23-16)14-22-20(21-3)26-11-9-25(10-12-26)19(27)18-8-7-13-28-18/h7-8,13H,5-6,9-12,14H2,1-4H3,(H,21,22). The normalized spacial score (nSPS) is 15.2. The SMILES string of the molecule is CCc1nn(C)c(CC)c1CNC(=NC)N1CCN(C(=O)c2ccco2)CC1. The number of hydrogen-bond acceptors (Lipinski definition) is 4. The monoisotopic (exact) mass is 386 g/mol. The van der Waals surface area contributed by atoms with E-state index >= 15 is 0 Å². The smallest absolute Gasteiger partial charge is 0.289 e. The summed E-state index contributed by atoms with van der Waals surface area (Å²) in [7, 11) is 3.80.